The van der Waals surface area contributed by atoms with Gasteiger partial charge in [0.15, 0.2) is 5.78 Å². The Hall–Kier alpha value is -2.35. The fraction of sp³-hybridized carbons (Fsp3) is 0.211. The molecule has 2 nitrogen and oxygen atoms in total. The quantitative estimate of drug-likeness (QED) is 0.633. The maximum absolute atomic E-state index is 11.9. The first-order valence-corrected chi connectivity index (χ1v) is 7.29. The first-order valence-electron chi connectivity index (χ1n) is 7.29. The summed E-state index contributed by atoms with van der Waals surface area (Å²) >= 11 is 0. The van der Waals surface area contributed by atoms with Crippen molar-refractivity contribution in [3.8, 4) is 11.1 Å². The van der Waals surface area contributed by atoms with E-state index in [0.29, 0.717) is 6.42 Å². The number of carbonyl (C=O) groups excluding carboxylic acids is 1. The van der Waals surface area contributed by atoms with Gasteiger partial charge < -0.3 is 4.57 Å². The molecule has 0 unspecified atom stereocenters. The Kier molecular flexibility index (Phi) is 3.38. The minimum Gasteiger partial charge on any atom is -0.351 e. The highest BCUT2D eigenvalue weighted by Crippen LogP contribution is 2.27. The Morgan fingerprint density at radius 1 is 1.05 bits per heavy atom. The molecule has 1 heterocycles. The van der Waals surface area contributed by atoms with E-state index in [1.165, 1.54) is 16.5 Å². The van der Waals surface area contributed by atoms with E-state index in [-0.39, 0.29) is 5.78 Å². The van der Waals surface area contributed by atoms with Crippen molar-refractivity contribution in [3.63, 3.8) is 0 Å². The predicted octanol–water partition coefficient (Wildman–Crippen LogP) is 4.75. The molecular weight excluding hydrogens is 258 g/mol. The SMILES string of the molecule is CCC(=O)c1ccc(-c2ccc3c(ccn3C)c2)cc1C. The molecule has 0 saturated heterocycles. The van der Waals surface area contributed by atoms with Crippen LogP contribution in [0.25, 0.3) is 22.0 Å². The number of rotatable bonds is 3. The lowest BCUT2D eigenvalue weighted by Gasteiger charge is -2.08. The van der Waals surface area contributed by atoms with Crippen molar-refractivity contribution in [2.75, 3.05) is 0 Å². The van der Waals surface area contributed by atoms with Crippen molar-refractivity contribution in [2.45, 2.75) is 20.3 Å². The molecule has 21 heavy (non-hydrogen) atoms. The third-order valence-corrected chi connectivity index (χ3v) is 4.07. The highest BCUT2D eigenvalue weighted by Gasteiger charge is 2.09. The zero-order valence-corrected chi connectivity index (χ0v) is 12.7. The van der Waals surface area contributed by atoms with Gasteiger partial charge in [-0.2, -0.15) is 0 Å². The summed E-state index contributed by atoms with van der Waals surface area (Å²) in [5, 5.41) is 1.24. The van der Waals surface area contributed by atoms with Gasteiger partial charge in [-0.05, 0) is 41.8 Å². The third kappa shape index (κ3) is 2.38. The summed E-state index contributed by atoms with van der Waals surface area (Å²) in [5.74, 6) is 0.206. The van der Waals surface area contributed by atoms with E-state index in [0.717, 1.165) is 16.7 Å². The molecule has 0 saturated carbocycles. The van der Waals surface area contributed by atoms with Crippen molar-refractivity contribution >= 4 is 16.7 Å². The van der Waals surface area contributed by atoms with Crippen LogP contribution in [0.1, 0.15) is 29.3 Å². The number of hydrogen-bond acceptors (Lipinski definition) is 1. The summed E-state index contributed by atoms with van der Waals surface area (Å²) in [5.41, 5.74) is 5.46. The summed E-state index contributed by atoms with van der Waals surface area (Å²) in [6.45, 7) is 3.91. The van der Waals surface area contributed by atoms with Crippen molar-refractivity contribution in [2.24, 2.45) is 7.05 Å². The second kappa shape index (κ2) is 5.21. The molecule has 0 bridgehead atoms. The molecule has 0 aliphatic heterocycles. The van der Waals surface area contributed by atoms with Crippen LogP contribution in [0.5, 0.6) is 0 Å². The average Bonchev–Trinajstić information content (AvgIpc) is 2.87. The zero-order valence-electron chi connectivity index (χ0n) is 12.7. The predicted molar refractivity (Wildman–Crippen MR) is 87.7 cm³/mol. The van der Waals surface area contributed by atoms with Gasteiger partial charge in [0.2, 0.25) is 0 Å². The molecule has 0 atom stereocenters. The van der Waals surface area contributed by atoms with E-state index >= 15 is 0 Å². The lowest BCUT2D eigenvalue weighted by molar-refractivity contribution is 0.0987. The van der Waals surface area contributed by atoms with Gasteiger partial charge in [-0.1, -0.05) is 31.2 Å². The standard InChI is InChI=1S/C19H19NO/c1-4-19(21)17-7-5-14(11-13(17)2)15-6-8-18-16(12-15)9-10-20(18)3/h5-12H,4H2,1-3H3. The van der Waals surface area contributed by atoms with Gasteiger partial charge in [-0.3, -0.25) is 4.79 Å². The minimum absolute atomic E-state index is 0.206. The molecule has 0 spiro atoms. The largest absolute Gasteiger partial charge is 0.351 e. The molecule has 1 aromatic heterocycles. The van der Waals surface area contributed by atoms with Crippen molar-refractivity contribution in [1.82, 2.24) is 4.57 Å². The van der Waals surface area contributed by atoms with Crippen LogP contribution in [0, 0.1) is 6.92 Å². The molecule has 0 N–H and O–H groups in total. The number of Topliss-reactive ketones (excluding diaryl/α,β-unsaturated/α-hetero) is 1. The van der Waals surface area contributed by atoms with Gasteiger partial charge in [0.05, 0.1) is 0 Å². The molecule has 2 heteroatoms. The zero-order chi connectivity index (χ0) is 15.0. The van der Waals surface area contributed by atoms with Crippen LogP contribution in [-0.4, -0.2) is 10.4 Å². The second-order valence-corrected chi connectivity index (χ2v) is 5.51. The number of aromatic nitrogens is 1. The van der Waals surface area contributed by atoms with E-state index in [2.05, 4.69) is 48.1 Å². The highest BCUT2D eigenvalue weighted by atomic mass is 16.1. The smallest absolute Gasteiger partial charge is 0.162 e. The summed E-state index contributed by atoms with van der Waals surface area (Å²) in [6, 6.07) is 14.7. The van der Waals surface area contributed by atoms with Gasteiger partial charge in [-0.15, -0.1) is 0 Å². The number of nitrogens with zero attached hydrogens (tertiary/aromatic N) is 1. The van der Waals surface area contributed by atoms with Crippen molar-refractivity contribution in [1.29, 1.82) is 0 Å². The first-order chi connectivity index (χ1) is 10.1. The van der Waals surface area contributed by atoms with E-state index in [4.69, 9.17) is 0 Å². The summed E-state index contributed by atoms with van der Waals surface area (Å²) in [7, 11) is 2.05. The third-order valence-electron chi connectivity index (χ3n) is 4.07. The number of fused-ring (bicyclic) bond motifs is 1. The molecule has 3 aromatic rings. The van der Waals surface area contributed by atoms with Gasteiger partial charge in [-0.25, -0.2) is 0 Å². The molecular formula is C19H19NO. The molecule has 0 fully saturated rings. The normalized spacial score (nSPS) is 11.0. The summed E-state index contributed by atoms with van der Waals surface area (Å²) < 4.78 is 2.12. The molecule has 3 rings (SSSR count). The van der Waals surface area contributed by atoms with Gasteiger partial charge in [0, 0.05) is 36.1 Å². The van der Waals surface area contributed by atoms with Crippen LogP contribution >= 0.6 is 0 Å². The van der Waals surface area contributed by atoms with Crippen LogP contribution in [0.2, 0.25) is 0 Å². The van der Waals surface area contributed by atoms with Gasteiger partial charge in [0.1, 0.15) is 0 Å². The second-order valence-electron chi connectivity index (χ2n) is 5.51. The lowest BCUT2D eigenvalue weighted by atomic mass is 9.96. The van der Waals surface area contributed by atoms with Gasteiger partial charge in [0.25, 0.3) is 0 Å². The average molecular weight is 277 g/mol. The Balaban J connectivity index is 2.06. The minimum atomic E-state index is 0.206. The van der Waals surface area contributed by atoms with Crippen molar-refractivity contribution < 1.29 is 4.79 Å². The molecule has 106 valence electrons. The monoisotopic (exact) mass is 277 g/mol. The van der Waals surface area contributed by atoms with Gasteiger partial charge >= 0.3 is 0 Å². The van der Waals surface area contributed by atoms with Crippen LogP contribution < -0.4 is 0 Å². The Bertz CT molecular complexity index is 827. The van der Waals surface area contributed by atoms with E-state index < -0.39 is 0 Å². The molecule has 0 aliphatic rings. The van der Waals surface area contributed by atoms with Crippen LogP contribution in [0.3, 0.4) is 0 Å². The number of carbonyl (C=O) groups is 1. The van der Waals surface area contributed by atoms with Crippen LogP contribution in [-0.2, 0) is 7.05 Å². The Morgan fingerprint density at radius 2 is 1.76 bits per heavy atom. The van der Waals surface area contributed by atoms with Crippen LogP contribution in [0.15, 0.2) is 48.7 Å². The Morgan fingerprint density at radius 3 is 2.48 bits per heavy atom. The number of ketones is 1. The summed E-state index contributed by atoms with van der Waals surface area (Å²) in [4.78, 5) is 11.9. The topological polar surface area (TPSA) is 22.0 Å². The molecule has 0 radical (unpaired) electrons. The molecule has 2 aromatic carbocycles. The fourth-order valence-electron chi connectivity index (χ4n) is 2.81. The summed E-state index contributed by atoms with van der Waals surface area (Å²) in [6.07, 6.45) is 2.62. The Labute approximate surface area is 125 Å². The number of hydrogen-bond donors (Lipinski definition) is 0. The molecule has 0 amide bonds. The van der Waals surface area contributed by atoms with Crippen molar-refractivity contribution in [3.05, 3.63) is 59.8 Å². The highest BCUT2D eigenvalue weighted by molar-refractivity contribution is 5.98. The van der Waals surface area contributed by atoms with E-state index in [1.807, 2.05) is 26.0 Å². The number of benzene rings is 2. The molecule has 0 aliphatic carbocycles. The van der Waals surface area contributed by atoms with E-state index in [1.54, 1.807) is 0 Å². The lowest BCUT2D eigenvalue weighted by Crippen LogP contribution is -1.99. The maximum atomic E-state index is 11.9. The van der Waals surface area contributed by atoms with Crippen LogP contribution in [0.4, 0.5) is 0 Å². The maximum Gasteiger partial charge on any atom is 0.162 e. The van der Waals surface area contributed by atoms with E-state index in [9.17, 15) is 4.79 Å². The fourth-order valence-corrected chi connectivity index (χ4v) is 2.81. The number of aryl methyl sites for hydroxylation is 2. The first kappa shape index (κ1) is 13.6.